The van der Waals surface area contributed by atoms with Crippen LogP contribution in [0.3, 0.4) is 0 Å². The zero-order chi connectivity index (χ0) is 14.7. The lowest BCUT2D eigenvalue weighted by Crippen LogP contribution is -2.35. The molecule has 0 aromatic heterocycles. The van der Waals surface area contributed by atoms with Gasteiger partial charge in [-0.25, -0.2) is 0 Å². The third-order valence-electron chi connectivity index (χ3n) is 4.15. The van der Waals surface area contributed by atoms with Crippen LogP contribution >= 0.6 is 0 Å². The van der Waals surface area contributed by atoms with E-state index in [0.717, 1.165) is 36.0 Å². The average Bonchev–Trinajstić information content (AvgIpc) is 2.59. The van der Waals surface area contributed by atoms with E-state index in [2.05, 4.69) is 6.92 Å². The first-order chi connectivity index (χ1) is 9.49. The van der Waals surface area contributed by atoms with Gasteiger partial charge in [0.25, 0.3) is 0 Å². The second-order valence-corrected chi connectivity index (χ2v) is 5.80. The third-order valence-corrected chi connectivity index (χ3v) is 4.15. The molecule has 1 aliphatic rings. The van der Waals surface area contributed by atoms with Gasteiger partial charge in [-0.15, -0.1) is 0 Å². The zero-order valence-electron chi connectivity index (χ0n) is 12.7. The number of benzene rings is 1. The number of aryl methyl sites for hydroxylation is 3. The second kappa shape index (κ2) is 6.21. The molecule has 0 saturated carbocycles. The average molecular weight is 273 g/mol. The predicted octanol–water partition coefficient (Wildman–Crippen LogP) is 3.20. The summed E-state index contributed by atoms with van der Waals surface area (Å²) in [6, 6.07) is 4.00. The minimum absolute atomic E-state index is 0.0563. The van der Waals surface area contributed by atoms with Crippen molar-refractivity contribution in [2.75, 3.05) is 13.1 Å². The summed E-state index contributed by atoms with van der Waals surface area (Å²) in [4.78, 5) is 26.1. The summed E-state index contributed by atoms with van der Waals surface area (Å²) in [6.45, 7) is 6.97. The summed E-state index contributed by atoms with van der Waals surface area (Å²) in [6.07, 6.45) is 3.62. The van der Waals surface area contributed by atoms with Crippen molar-refractivity contribution in [3.8, 4) is 0 Å². The number of rotatable bonds is 3. The van der Waals surface area contributed by atoms with E-state index in [4.69, 9.17) is 0 Å². The second-order valence-electron chi connectivity index (χ2n) is 5.80. The smallest absolute Gasteiger partial charge is 0.222 e. The summed E-state index contributed by atoms with van der Waals surface area (Å²) < 4.78 is 0. The van der Waals surface area contributed by atoms with E-state index in [-0.39, 0.29) is 18.2 Å². The van der Waals surface area contributed by atoms with Gasteiger partial charge in [-0.2, -0.15) is 0 Å². The maximum absolute atomic E-state index is 12.5. The van der Waals surface area contributed by atoms with E-state index in [1.165, 1.54) is 5.56 Å². The first-order valence-corrected chi connectivity index (χ1v) is 7.38. The van der Waals surface area contributed by atoms with Crippen LogP contribution in [0.1, 0.15) is 52.7 Å². The Morgan fingerprint density at radius 1 is 1.05 bits per heavy atom. The van der Waals surface area contributed by atoms with E-state index in [0.29, 0.717) is 13.0 Å². The lowest BCUT2D eigenvalue weighted by Gasteiger charge is -2.20. The summed E-state index contributed by atoms with van der Waals surface area (Å²) >= 11 is 0. The Balaban J connectivity index is 2.15. The van der Waals surface area contributed by atoms with Crippen molar-refractivity contribution in [2.24, 2.45) is 0 Å². The molecular formula is C17H23NO2. The molecule has 0 atom stereocenters. The number of nitrogens with zero attached hydrogens (tertiary/aromatic N) is 1. The van der Waals surface area contributed by atoms with Crippen LogP contribution in [0.5, 0.6) is 0 Å². The molecule has 0 aliphatic carbocycles. The Bertz CT molecular complexity index is 534. The minimum Gasteiger partial charge on any atom is -0.335 e. The number of ketones is 1. The Morgan fingerprint density at radius 2 is 1.75 bits per heavy atom. The standard InChI is InChI=1S/C17H23NO2/c1-12-9-14(3)15(10-13(12)2)16(19)11-18-8-6-4-5-7-17(18)20/h9-10H,4-8,11H2,1-3H3. The molecule has 1 heterocycles. The molecule has 1 aromatic carbocycles. The molecule has 1 fully saturated rings. The molecule has 0 radical (unpaired) electrons. The summed E-state index contributed by atoms with van der Waals surface area (Å²) in [7, 11) is 0. The number of hydrogen-bond donors (Lipinski definition) is 0. The van der Waals surface area contributed by atoms with Crippen LogP contribution < -0.4 is 0 Å². The van der Waals surface area contributed by atoms with Gasteiger partial charge in [0.2, 0.25) is 5.91 Å². The summed E-state index contributed by atoms with van der Waals surface area (Å²) in [5.74, 6) is 0.179. The van der Waals surface area contributed by atoms with Crippen molar-refractivity contribution in [3.05, 3.63) is 34.4 Å². The quantitative estimate of drug-likeness (QED) is 0.793. The number of amides is 1. The van der Waals surface area contributed by atoms with Crippen molar-refractivity contribution in [1.29, 1.82) is 0 Å². The molecule has 20 heavy (non-hydrogen) atoms. The van der Waals surface area contributed by atoms with Gasteiger partial charge in [0.05, 0.1) is 6.54 Å². The summed E-state index contributed by atoms with van der Waals surface area (Å²) in [5, 5.41) is 0. The normalized spacial score (nSPS) is 16.1. The maximum Gasteiger partial charge on any atom is 0.222 e. The Kier molecular flexibility index (Phi) is 4.58. The predicted molar refractivity (Wildman–Crippen MR) is 80.0 cm³/mol. The number of carbonyl (C=O) groups is 2. The van der Waals surface area contributed by atoms with Crippen LogP contribution in [0.15, 0.2) is 12.1 Å². The van der Waals surface area contributed by atoms with Gasteiger partial charge in [0, 0.05) is 18.5 Å². The minimum atomic E-state index is 0.0563. The number of likely N-dealkylation sites (tertiary alicyclic amines) is 1. The fraction of sp³-hybridized carbons (Fsp3) is 0.529. The molecule has 1 amide bonds. The first kappa shape index (κ1) is 14.8. The van der Waals surface area contributed by atoms with Crippen molar-refractivity contribution < 1.29 is 9.59 Å². The van der Waals surface area contributed by atoms with E-state index >= 15 is 0 Å². The van der Waals surface area contributed by atoms with Crippen molar-refractivity contribution in [2.45, 2.75) is 46.5 Å². The van der Waals surface area contributed by atoms with Gasteiger partial charge in [-0.3, -0.25) is 9.59 Å². The SMILES string of the molecule is Cc1cc(C)c(C(=O)CN2CCCCCC2=O)cc1C. The van der Waals surface area contributed by atoms with Crippen LogP contribution in [0.25, 0.3) is 0 Å². The van der Waals surface area contributed by atoms with Crippen LogP contribution in [-0.2, 0) is 4.79 Å². The lowest BCUT2D eigenvalue weighted by molar-refractivity contribution is -0.130. The van der Waals surface area contributed by atoms with Gasteiger partial charge in [0.1, 0.15) is 0 Å². The molecule has 0 bridgehead atoms. The largest absolute Gasteiger partial charge is 0.335 e. The highest BCUT2D eigenvalue weighted by atomic mass is 16.2. The topological polar surface area (TPSA) is 37.4 Å². The van der Waals surface area contributed by atoms with Gasteiger partial charge in [-0.05, 0) is 56.4 Å². The molecule has 1 saturated heterocycles. The van der Waals surface area contributed by atoms with E-state index in [1.54, 1.807) is 4.90 Å². The third kappa shape index (κ3) is 3.27. The Morgan fingerprint density at radius 3 is 2.50 bits per heavy atom. The Labute approximate surface area is 121 Å². The summed E-state index contributed by atoms with van der Waals surface area (Å²) in [5.41, 5.74) is 4.08. The van der Waals surface area contributed by atoms with E-state index < -0.39 is 0 Å². The lowest BCUT2D eigenvalue weighted by atomic mass is 9.98. The van der Waals surface area contributed by atoms with Crippen LogP contribution in [0.4, 0.5) is 0 Å². The van der Waals surface area contributed by atoms with Crippen LogP contribution in [0.2, 0.25) is 0 Å². The molecule has 0 N–H and O–H groups in total. The maximum atomic E-state index is 12.5. The number of Topliss-reactive ketones (excluding diaryl/α,β-unsaturated/α-hetero) is 1. The van der Waals surface area contributed by atoms with Crippen molar-refractivity contribution in [1.82, 2.24) is 4.90 Å². The highest BCUT2D eigenvalue weighted by Gasteiger charge is 2.21. The fourth-order valence-corrected chi connectivity index (χ4v) is 2.73. The molecule has 0 spiro atoms. The highest BCUT2D eigenvalue weighted by molar-refractivity contribution is 6.00. The molecule has 2 rings (SSSR count). The molecular weight excluding hydrogens is 250 g/mol. The van der Waals surface area contributed by atoms with Gasteiger partial charge < -0.3 is 4.90 Å². The van der Waals surface area contributed by atoms with Crippen LogP contribution in [-0.4, -0.2) is 29.7 Å². The monoisotopic (exact) mass is 273 g/mol. The molecule has 1 aliphatic heterocycles. The molecule has 3 nitrogen and oxygen atoms in total. The zero-order valence-corrected chi connectivity index (χ0v) is 12.7. The fourth-order valence-electron chi connectivity index (χ4n) is 2.73. The van der Waals surface area contributed by atoms with Gasteiger partial charge in [-0.1, -0.05) is 12.5 Å². The molecule has 0 unspecified atom stereocenters. The number of carbonyl (C=O) groups excluding carboxylic acids is 2. The first-order valence-electron chi connectivity index (χ1n) is 7.38. The van der Waals surface area contributed by atoms with Crippen molar-refractivity contribution >= 4 is 11.7 Å². The highest BCUT2D eigenvalue weighted by Crippen LogP contribution is 2.17. The van der Waals surface area contributed by atoms with E-state index in [9.17, 15) is 9.59 Å². The van der Waals surface area contributed by atoms with Gasteiger partial charge in [0.15, 0.2) is 5.78 Å². The van der Waals surface area contributed by atoms with E-state index in [1.807, 2.05) is 26.0 Å². The Hall–Kier alpha value is -1.64. The molecule has 3 heteroatoms. The molecule has 1 aromatic rings. The van der Waals surface area contributed by atoms with Crippen molar-refractivity contribution in [3.63, 3.8) is 0 Å². The van der Waals surface area contributed by atoms with Crippen LogP contribution in [0, 0.1) is 20.8 Å². The molecule has 108 valence electrons. The number of hydrogen-bond acceptors (Lipinski definition) is 2. The van der Waals surface area contributed by atoms with Gasteiger partial charge >= 0.3 is 0 Å².